The Bertz CT molecular complexity index is 358. The molecule has 0 saturated carbocycles. The Balaban J connectivity index is 2.58. The van der Waals surface area contributed by atoms with Crippen LogP contribution in [0.4, 0.5) is 0 Å². The van der Waals surface area contributed by atoms with Crippen molar-refractivity contribution < 1.29 is 4.74 Å². The highest BCUT2D eigenvalue weighted by atomic mass is 16.5. The summed E-state index contributed by atoms with van der Waals surface area (Å²) in [6.07, 6.45) is 2.38. The van der Waals surface area contributed by atoms with Crippen LogP contribution in [0, 0.1) is 17.8 Å². The van der Waals surface area contributed by atoms with Crippen LogP contribution in [0.1, 0.15) is 39.7 Å². The second kappa shape index (κ2) is 9.02. The number of rotatable bonds is 9. The third-order valence-corrected chi connectivity index (χ3v) is 4.06. The summed E-state index contributed by atoms with van der Waals surface area (Å²) in [5, 5.41) is 3.62. The van der Waals surface area contributed by atoms with Gasteiger partial charge in [0, 0.05) is 0 Å². The number of hydrogen-bond acceptors (Lipinski definition) is 2. The van der Waals surface area contributed by atoms with Gasteiger partial charge < -0.3 is 10.1 Å². The summed E-state index contributed by atoms with van der Waals surface area (Å²) in [7, 11) is 1.72. The molecule has 1 aromatic carbocycles. The van der Waals surface area contributed by atoms with E-state index in [9.17, 15) is 0 Å². The molecule has 1 rings (SSSR count). The molecule has 0 saturated heterocycles. The minimum Gasteiger partial charge on any atom is -0.497 e. The van der Waals surface area contributed by atoms with E-state index >= 15 is 0 Å². The monoisotopic (exact) mass is 277 g/mol. The first-order valence-corrected chi connectivity index (χ1v) is 7.90. The van der Waals surface area contributed by atoms with Gasteiger partial charge in [0.05, 0.1) is 7.11 Å². The summed E-state index contributed by atoms with van der Waals surface area (Å²) in [6, 6.07) is 8.50. The van der Waals surface area contributed by atoms with Crippen molar-refractivity contribution in [2.75, 3.05) is 20.2 Å². The van der Waals surface area contributed by atoms with Gasteiger partial charge in [0.15, 0.2) is 0 Å². The molecule has 1 aromatic rings. The number of methoxy groups -OCH3 is 1. The van der Waals surface area contributed by atoms with Crippen LogP contribution in [0.15, 0.2) is 24.3 Å². The SMILES string of the molecule is CCC(C)C(CNCC(C)C)Cc1ccc(OC)cc1. The zero-order chi connectivity index (χ0) is 15.0. The molecule has 2 heteroatoms. The van der Waals surface area contributed by atoms with Gasteiger partial charge in [0.25, 0.3) is 0 Å². The summed E-state index contributed by atoms with van der Waals surface area (Å²) in [5.74, 6) is 3.10. The summed E-state index contributed by atoms with van der Waals surface area (Å²) in [5.41, 5.74) is 1.41. The Morgan fingerprint density at radius 1 is 1.05 bits per heavy atom. The van der Waals surface area contributed by atoms with Crippen LogP contribution in [0.2, 0.25) is 0 Å². The van der Waals surface area contributed by atoms with Crippen LogP contribution >= 0.6 is 0 Å². The molecule has 0 fully saturated rings. The first kappa shape index (κ1) is 17.0. The van der Waals surface area contributed by atoms with Gasteiger partial charge in [-0.25, -0.2) is 0 Å². The molecule has 114 valence electrons. The van der Waals surface area contributed by atoms with Crippen molar-refractivity contribution >= 4 is 0 Å². The summed E-state index contributed by atoms with van der Waals surface area (Å²) >= 11 is 0. The van der Waals surface area contributed by atoms with E-state index in [2.05, 4.69) is 57.3 Å². The molecule has 20 heavy (non-hydrogen) atoms. The Labute approximate surface area is 124 Å². The highest BCUT2D eigenvalue weighted by molar-refractivity contribution is 5.27. The smallest absolute Gasteiger partial charge is 0.118 e. The molecule has 0 aromatic heterocycles. The van der Waals surface area contributed by atoms with Crippen molar-refractivity contribution in [3.8, 4) is 5.75 Å². The Morgan fingerprint density at radius 3 is 2.20 bits per heavy atom. The van der Waals surface area contributed by atoms with Gasteiger partial charge in [-0.3, -0.25) is 0 Å². The highest BCUT2D eigenvalue weighted by Gasteiger charge is 2.16. The number of ether oxygens (including phenoxy) is 1. The van der Waals surface area contributed by atoms with E-state index in [0.29, 0.717) is 11.8 Å². The molecule has 0 amide bonds. The van der Waals surface area contributed by atoms with E-state index in [1.54, 1.807) is 7.11 Å². The summed E-state index contributed by atoms with van der Waals surface area (Å²) < 4.78 is 5.22. The van der Waals surface area contributed by atoms with E-state index in [0.717, 1.165) is 31.2 Å². The lowest BCUT2D eigenvalue weighted by atomic mass is 9.86. The fourth-order valence-corrected chi connectivity index (χ4v) is 2.43. The zero-order valence-electron chi connectivity index (χ0n) is 13.8. The number of benzene rings is 1. The van der Waals surface area contributed by atoms with Gasteiger partial charge in [-0.05, 0) is 55.0 Å². The molecule has 0 spiro atoms. The summed E-state index contributed by atoms with van der Waals surface area (Å²) in [4.78, 5) is 0. The van der Waals surface area contributed by atoms with Crippen LogP contribution in [0.25, 0.3) is 0 Å². The molecule has 0 aliphatic heterocycles. The molecule has 0 bridgehead atoms. The molecular weight excluding hydrogens is 246 g/mol. The van der Waals surface area contributed by atoms with Crippen LogP contribution in [-0.2, 0) is 6.42 Å². The van der Waals surface area contributed by atoms with Crippen molar-refractivity contribution in [1.82, 2.24) is 5.32 Å². The molecule has 0 aliphatic rings. The maximum Gasteiger partial charge on any atom is 0.118 e. The molecular formula is C18H31NO. The van der Waals surface area contributed by atoms with E-state index in [4.69, 9.17) is 4.74 Å². The average molecular weight is 277 g/mol. The predicted octanol–water partition coefficient (Wildman–Crippen LogP) is 4.15. The Hall–Kier alpha value is -1.02. The van der Waals surface area contributed by atoms with Crippen molar-refractivity contribution in [3.63, 3.8) is 0 Å². The fourth-order valence-electron chi connectivity index (χ4n) is 2.43. The van der Waals surface area contributed by atoms with E-state index in [1.807, 2.05) is 0 Å². The summed E-state index contributed by atoms with van der Waals surface area (Å²) in [6.45, 7) is 11.4. The number of nitrogens with one attached hydrogen (secondary N) is 1. The van der Waals surface area contributed by atoms with Gasteiger partial charge in [-0.2, -0.15) is 0 Å². The highest BCUT2D eigenvalue weighted by Crippen LogP contribution is 2.21. The van der Waals surface area contributed by atoms with E-state index in [-0.39, 0.29) is 0 Å². The number of hydrogen-bond donors (Lipinski definition) is 1. The van der Waals surface area contributed by atoms with Gasteiger partial charge in [-0.1, -0.05) is 46.2 Å². The van der Waals surface area contributed by atoms with Crippen LogP contribution in [0.3, 0.4) is 0 Å². The second-order valence-electron chi connectivity index (χ2n) is 6.25. The van der Waals surface area contributed by atoms with Crippen molar-refractivity contribution in [3.05, 3.63) is 29.8 Å². The third kappa shape index (κ3) is 5.96. The first-order chi connectivity index (χ1) is 9.56. The lowest BCUT2D eigenvalue weighted by molar-refractivity contribution is 0.323. The molecule has 0 aliphatic carbocycles. The lowest BCUT2D eigenvalue weighted by Crippen LogP contribution is -2.31. The van der Waals surface area contributed by atoms with Crippen LogP contribution in [0.5, 0.6) is 5.75 Å². The third-order valence-electron chi connectivity index (χ3n) is 4.06. The quantitative estimate of drug-likeness (QED) is 0.732. The second-order valence-corrected chi connectivity index (χ2v) is 6.25. The molecule has 2 unspecified atom stereocenters. The van der Waals surface area contributed by atoms with Crippen molar-refractivity contribution in [1.29, 1.82) is 0 Å². The van der Waals surface area contributed by atoms with E-state index < -0.39 is 0 Å². The zero-order valence-corrected chi connectivity index (χ0v) is 13.8. The largest absolute Gasteiger partial charge is 0.497 e. The molecule has 1 N–H and O–H groups in total. The van der Waals surface area contributed by atoms with Gasteiger partial charge in [-0.15, -0.1) is 0 Å². The molecule has 0 radical (unpaired) electrons. The van der Waals surface area contributed by atoms with Crippen molar-refractivity contribution in [2.45, 2.75) is 40.5 Å². The van der Waals surface area contributed by atoms with Gasteiger partial charge in [0.1, 0.15) is 5.75 Å². The van der Waals surface area contributed by atoms with Gasteiger partial charge >= 0.3 is 0 Å². The minimum absolute atomic E-state index is 0.701. The van der Waals surface area contributed by atoms with Crippen LogP contribution < -0.4 is 10.1 Å². The predicted molar refractivity (Wildman–Crippen MR) is 87.4 cm³/mol. The molecule has 2 atom stereocenters. The van der Waals surface area contributed by atoms with Crippen LogP contribution in [-0.4, -0.2) is 20.2 Å². The maximum absolute atomic E-state index is 5.22. The standard InChI is InChI=1S/C18H31NO/c1-6-15(4)17(13-19-12-14(2)3)11-16-7-9-18(20-5)10-8-16/h7-10,14-15,17,19H,6,11-13H2,1-5H3. The van der Waals surface area contributed by atoms with Gasteiger partial charge in [0.2, 0.25) is 0 Å². The lowest BCUT2D eigenvalue weighted by Gasteiger charge is -2.24. The maximum atomic E-state index is 5.22. The Kier molecular flexibility index (Phi) is 7.68. The first-order valence-electron chi connectivity index (χ1n) is 7.90. The Morgan fingerprint density at radius 2 is 1.70 bits per heavy atom. The normalized spacial score (nSPS) is 14.3. The van der Waals surface area contributed by atoms with E-state index in [1.165, 1.54) is 12.0 Å². The molecule has 0 heterocycles. The van der Waals surface area contributed by atoms with Crippen molar-refractivity contribution in [2.24, 2.45) is 17.8 Å². The minimum atomic E-state index is 0.701. The fraction of sp³-hybridized carbons (Fsp3) is 0.667. The average Bonchev–Trinajstić information content (AvgIpc) is 2.45. The molecule has 2 nitrogen and oxygen atoms in total. The topological polar surface area (TPSA) is 21.3 Å².